The Hall–Kier alpha value is -2.72. The van der Waals surface area contributed by atoms with Crippen molar-refractivity contribution in [3.63, 3.8) is 0 Å². The maximum absolute atomic E-state index is 12.7. The van der Waals surface area contributed by atoms with Crippen LogP contribution < -0.4 is 10.6 Å². The van der Waals surface area contributed by atoms with E-state index in [0.717, 1.165) is 53.2 Å². The number of anilines is 3. The zero-order valence-electron chi connectivity index (χ0n) is 18.1. The molecule has 0 spiro atoms. The first kappa shape index (κ1) is 20.2. The summed E-state index contributed by atoms with van der Waals surface area (Å²) in [5, 5.41) is 16.1. The molecular formula is C21H28N8OS. The zero-order chi connectivity index (χ0) is 21.5. The largest absolute Gasteiger partial charge is 0.351 e. The predicted molar refractivity (Wildman–Crippen MR) is 123 cm³/mol. The van der Waals surface area contributed by atoms with E-state index in [4.69, 9.17) is 9.97 Å². The SMILES string of the molecule is Cc1cc(Nc2nc(N[C@@H]3C[C@H]4CC[C@@H](C3)N4C(=O)CN(C)C)nc3ccsc23)n[nH]1. The molecule has 9 nitrogen and oxygen atoms in total. The fourth-order valence-corrected chi connectivity index (χ4v) is 5.63. The summed E-state index contributed by atoms with van der Waals surface area (Å²) in [6, 6.07) is 4.83. The lowest BCUT2D eigenvalue weighted by Crippen LogP contribution is -2.52. The van der Waals surface area contributed by atoms with Crippen LogP contribution in [0.25, 0.3) is 10.2 Å². The van der Waals surface area contributed by atoms with Crippen LogP contribution in [0.2, 0.25) is 0 Å². The molecular weight excluding hydrogens is 412 g/mol. The summed E-state index contributed by atoms with van der Waals surface area (Å²) in [6.07, 6.45) is 4.03. The third-order valence-corrected chi connectivity index (χ3v) is 6.97. The van der Waals surface area contributed by atoms with Gasteiger partial charge in [0, 0.05) is 29.9 Å². The summed E-state index contributed by atoms with van der Waals surface area (Å²) >= 11 is 1.61. The van der Waals surface area contributed by atoms with Crippen molar-refractivity contribution < 1.29 is 4.79 Å². The van der Waals surface area contributed by atoms with Gasteiger partial charge < -0.3 is 20.4 Å². The van der Waals surface area contributed by atoms with Crippen molar-refractivity contribution in [1.29, 1.82) is 0 Å². The summed E-state index contributed by atoms with van der Waals surface area (Å²) in [5.74, 6) is 2.36. The van der Waals surface area contributed by atoms with Crippen LogP contribution in [-0.2, 0) is 4.79 Å². The molecule has 0 aliphatic carbocycles. The van der Waals surface area contributed by atoms with E-state index in [2.05, 4.69) is 25.7 Å². The van der Waals surface area contributed by atoms with Gasteiger partial charge in [-0.25, -0.2) is 4.98 Å². The third-order valence-electron chi connectivity index (χ3n) is 6.06. The number of likely N-dealkylation sites (N-methyl/N-ethyl adjacent to an activating group) is 1. The lowest BCUT2D eigenvalue weighted by molar-refractivity contribution is -0.136. The fourth-order valence-electron chi connectivity index (χ4n) is 4.85. The van der Waals surface area contributed by atoms with Gasteiger partial charge >= 0.3 is 0 Å². The molecule has 5 heterocycles. The predicted octanol–water partition coefficient (Wildman–Crippen LogP) is 2.96. The number of fused-ring (bicyclic) bond motifs is 3. The Kier molecular flexibility index (Phi) is 5.27. The van der Waals surface area contributed by atoms with E-state index in [1.54, 1.807) is 11.3 Å². The van der Waals surface area contributed by atoms with Gasteiger partial charge in [-0.3, -0.25) is 9.89 Å². The van der Waals surface area contributed by atoms with Gasteiger partial charge in [0.2, 0.25) is 11.9 Å². The first-order valence-corrected chi connectivity index (χ1v) is 11.6. The molecule has 3 aromatic heterocycles. The molecule has 3 atom stereocenters. The van der Waals surface area contributed by atoms with Crippen LogP contribution in [0.15, 0.2) is 17.5 Å². The molecule has 1 amide bonds. The van der Waals surface area contributed by atoms with E-state index >= 15 is 0 Å². The van der Waals surface area contributed by atoms with Gasteiger partial charge in [-0.05, 0) is 58.1 Å². The second-order valence-electron chi connectivity index (χ2n) is 8.83. The van der Waals surface area contributed by atoms with Crippen LogP contribution in [0.4, 0.5) is 17.6 Å². The van der Waals surface area contributed by atoms with Crippen molar-refractivity contribution >= 4 is 45.0 Å². The Morgan fingerprint density at radius 3 is 2.74 bits per heavy atom. The van der Waals surface area contributed by atoms with Crippen molar-refractivity contribution in [1.82, 2.24) is 30.0 Å². The van der Waals surface area contributed by atoms with Gasteiger partial charge in [0.05, 0.1) is 16.8 Å². The van der Waals surface area contributed by atoms with Gasteiger partial charge in [0.25, 0.3) is 0 Å². The number of thiophene rings is 1. The van der Waals surface area contributed by atoms with Crippen LogP contribution in [-0.4, -0.2) is 74.6 Å². The third kappa shape index (κ3) is 4.09. The molecule has 5 rings (SSSR count). The number of amides is 1. The minimum absolute atomic E-state index is 0.243. The highest BCUT2D eigenvalue weighted by Gasteiger charge is 2.43. The second-order valence-corrected chi connectivity index (χ2v) is 9.74. The number of piperidine rings is 1. The average molecular weight is 441 g/mol. The lowest BCUT2D eigenvalue weighted by atomic mass is 9.97. The summed E-state index contributed by atoms with van der Waals surface area (Å²) in [6.45, 7) is 2.44. The molecule has 31 heavy (non-hydrogen) atoms. The summed E-state index contributed by atoms with van der Waals surface area (Å²) in [5.41, 5.74) is 1.90. The summed E-state index contributed by atoms with van der Waals surface area (Å²) < 4.78 is 1.01. The molecule has 2 saturated heterocycles. The molecule has 2 aliphatic heterocycles. The minimum atomic E-state index is 0.243. The van der Waals surface area contributed by atoms with Crippen molar-refractivity contribution in [2.24, 2.45) is 0 Å². The van der Waals surface area contributed by atoms with Crippen molar-refractivity contribution in [3.05, 3.63) is 23.2 Å². The number of aromatic amines is 1. The number of aromatic nitrogens is 4. The number of nitrogens with zero attached hydrogens (tertiary/aromatic N) is 5. The molecule has 10 heteroatoms. The Labute approximate surface area is 185 Å². The topological polar surface area (TPSA) is 102 Å². The molecule has 2 aliphatic rings. The second kappa shape index (κ2) is 8.08. The van der Waals surface area contributed by atoms with Gasteiger partial charge in [-0.2, -0.15) is 10.1 Å². The lowest BCUT2D eigenvalue weighted by Gasteiger charge is -2.39. The molecule has 164 valence electrons. The maximum Gasteiger partial charge on any atom is 0.237 e. The Bertz CT molecular complexity index is 1080. The van der Waals surface area contributed by atoms with Gasteiger partial charge in [0.15, 0.2) is 11.6 Å². The minimum Gasteiger partial charge on any atom is -0.351 e. The maximum atomic E-state index is 12.7. The van der Waals surface area contributed by atoms with E-state index in [1.165, 1.54) is 0 Å². The Morgan fingerprint density at radius 2 is 2.06 bits per heavy atom. The van der Waals surface area contributed by atoms with Gasteiger partial charge in [-0.1, -0.05) is 0 Å². The highest BCUT2D eigenvalue weighted by atomic mass is 32.1. The number of carbonyl (C=O) groups excluding carboxylic acids is 1. The Morgan fingerprint density at radius 1 is 1.29 bits per heavy atom. The molecule has 0 radical (unpaired) electrons. The highest BCUT2D eigenvalue weighted by molar-refractivity contribution is 7.17. The van der Waals surface area contributed by atoms with E-state index in [9.17, 15) is 4.79 Å². The quantitative estimate of drug-likeness (QED) is 0.542. The van der Waals surface area contributed by atoms with E-state index in [0.29, 0.717) is 24.6 Å². The van der Waals surface area contributed by atoms with Crippen LogP contribution in [0, 0.1) is 6.92 Å². The molecule has 3 N–H and O–H groups in total. The van der Waals surface area contributed by atoms with Crippen LogP contribution in [0.3, 0.4) is 0 Å². The number of carbonyl (C=O) groups is 1. The smallest absolute Gasteiger partial charge is 0.237 e. The number of H-pyrrole nitrogens is 1. The van der Waals surface area contributed by atoms with Gasteiger partial charge in [-0.15, -0.1) is 11.3 Å². The molecule has 0 saturated carbocycles. The normalized spacial score (nSPS) is 23.0. The molecule has 2 fully saturated rings. The van der Waals surface area contributed by atoms with Gasteiger partial charge in [0.1, 0.15) is 0 Å². The molecule has 2 bridgehead atoms. The number of rotatable bonds is 6. The summed E-state index contributed by atoms with van der Waals surface area (Å²) in [4.78, 5) is 26.3. The first-order chi connectivity index (χ1) is 15.0. The standard InChI is InChI=1S/C21H28N8OS/c1-12-8-17(27-26-12)24-20-19-16(6-7-31-19)23-21(25-20)22-13-9-14-4-5-15(10-13)29(14)18(30)11-28(2)3/h6-8,13-15H,4-5,9-11H2,1-3H3,(H3,22,23,24,25,26,27)/t13-,14-,15+. The van der Waals surface area contributed by atoms with Crippen molar-refractivity contribution in [2.45, 2.75) is 50.7 Å². The van der Waals surface area contributed by atoms with Crippen LogP contribution in [0.1, 0.15) is 31.4 Å². The summed E-state index contributed by atoms with van der Waals surface area (Å²) in [7, 11) is 3.89. The average Bonchev–Trinajstić information content (AvgIpc) is 3.40. The van der Waals surface area contributed by atoms with Crippen molar-refractivity contribution in [3.8, 4) is 0 Å². The fraction of sp³-hybridized carbons (Fsp3) is 0.524. The number of nitrogens with one attached hydrogen (secondary N) is 3. The molecule has 3 aromatic rings. The number of hydrogen-bond donors (Lipinski definition) is 3. The number of hydrogen-bond acceptors (Lipinski definition) is 8. The zero-order valence-corrected chi connectivity index (χ0v) is 18.9. The van der Waals surface area contributed by atoms with E-state index in [1.807, 2.05) is 43.4 Å². The van der Waals surface area contributed by atoms with E-state index < -0.39 is 0 Å². The Balaban J connectivity index is 1.33. The first-order valence-electron chi connectivity index (χ1n) is 10.7. The number of aryl methyl sites for hydroxylation is 1. The molecule has 0 unspecified atom stereocenters. The monoisotopic (exact) mass is 440 g/mol. The van der Waals surface area contributed by atoms with Crippen molar-refractivity contribution in [2.75, 3.05) is 31.3 Å². The van der Waals surface area contributed by atoms with E-state index in [-0.39, 0.29) is 11.9 Å². The van der Waals surface area contributed by atoms with Crippen LogP contribution in [0.5, 0.6) is 0 Å². The highest BCUT2D eigenvalue weighted by Crippen LogP contribution is 2.37. The molecule has 0 aromatic carbocycles. The van der Waals surface area contributed by atoms with Crippen LogP contribution >= 0.6 is 11.3 Å².